The standard InChI is InChI=1S/C11H18N4O2S/c1-18(16,17)15-6-4-14(5-7-15)9-11-8-10(12)2-3-13-11/h2-3,8H,4-7,9H2,1H3,(H2,12,13). The fraction of sp³-hybridized carbons (Fsp3) is 0.545. The molecule has 0 aliphatic carbocycles. The second kappa shape index (κ2) is 5.21. The van der Waals surface area contributed by atoms with E-state index in [1.165, 1.54) is 10.6 Å². The smallest absolute Gasteiger partial charge is 0.211 e. The predicted molar refractivity (Wildman–Crippen MR) is 70.3 cm³/mol. The first kappa shape index (κ1) is 13.3. The van der Waals surface area contributed by atoms with Crippen LogP contribution in [0.3, 0.4) is 0 Å². The van der Waals surface area contributed by atoms with Gasteiger partial charge in [-0.25, -0.2) is 8.42 Å². The Balaban J connectivity index is 1.91. The number of nitrogens with zero attached hydrogens (tertiary/aromatic N) is 3. The molecule has 0 amide bonds. The van der Waals surface area contributed by atoms with Gasteiger partial charge in [0.2, 0.25) is 10.0 Å². The third-order valence-electron chi connectivity index (χ3n) is 3.03. The third-order valence-corrected chi connectivity index (χ3v) is 4.33. The summed E-state index contributed by atoms with van der Waals surface area (Å²) in [6, 6.07) is 3.61. The second-order valence-corrected chi connectivity index (χ2v) is 6.50. The van der Waals surface area contributed by atoms with Gasteiger partial charge in [0.25, 0.3) is 0 Å². The van der Waals surface area contributed by atoms with E-state index in [2.05, 4.69) is 9.88 Å². The van der Waals surface area contributed by atoms with Crippen molar-refractivity contribution in [2.24, 2.45) is 0 Å². The molecule has 0 atom stereocenters. The topological polar surface area (TPSA) is 79.5 Å². The molecule has 1 saturated heterocycles. The van der Waals surface area contributed by atoms with Gasteiger partial charge in [0, 0.05) is 44.6 Å². The highest BCUT2D eigenvalue weighted by molar-refractivity contribution is 7.88. The van der Waals surface area contributed by atoms with Crippen LogP contribution < -0.4 is 5.73 Å². The number of nitrogens with two attached hydrogens (primary N) is 1. The van der Waals surface area contributed by atoms with E-state index < -0.39 is 10.0 Å². The lowest BCUT2D eigenvalue weighted by atomic mass is 10.3. The molecule has 0 unspecified atom stereocenters. The average Bonchev–Trinajstić information content (AvgIpc) is 2.28. The number of nitrogen functional groups attached to an aromatic ring is 1. The van der Waals surface area contributed by atoms with Gasteiger partial charge < -0.3 is 5.73 Å². The van der Waals surface area contributed by atoms with Crippen LogP contribution >= 0.6 is 0 Å². The van der Waals surface area contributed by atoms with Gasteiger partial charge >= 0.3 is 0 Å². The van der Waals surface area contributed by atoms with E-state index in [0.717, 1.165) is 18.8 Å². The van der Waals surface area contributed by atoms with E-state index in [-0.39, 0.29) is 0 Å². The minimum absolute atomic E-state index is 0.543. The van der Waals surface area contributed by atoms with Crippen molar-refractivity contribution < 1.29 is 8.42 Å². The van der Waals surface area contributed by atoms with Crippen molar-refractivity contribution in [1.82, 2.24) is 14.2 Å². The highest BCUT2D eigenvalue weighted by Gasteiger charge is 2.23. The summed E-state index contributed by atoms with van der Waals surface area (Å²) in [5.74, 6) is 0. The van der Waals surface area contributed by atoms with Crippen molar-refractivity contribution >= 4 is 15.7 Å². The highest BCUT2D eigenvalue weighted by atomic mass is 32.2. The molecule has 18 heavy (non-hydrogen) atoms. The summed E-state index contributed by atoms with van der Waals surface area (Å²) in [6.45, 7) is 3.25. The average molecular weight is 270 g/mol. The number of hydrogen-bond donors (Lipinski definition) is 1. The van der Waals surface area contributed by atoms with Gasteiger partial charge in [0.05, 0.1) is 11.9 Å². The molecule has 2 heterocycles. The second-order valence-electron chi connectivity index (χ2n) is 4.52. The van der Waals surface area contributed by atoms with E-state index in [1.54, 1.807) is 12.3 Å². The molecule has 2 rings (SSSR count). The van der Waals surface area contributed by atoms with Crippen molar-refractivity contribution in [3.8, 4) is 0 Å². The number of anilines is 1. The monoisotopic (exact) mass is 270 g/mol. The molecule has 1 aliphatic heterocycles. The molecule has 6 nitrogen and oxygen atoms in total. The normalized spacial score (nSPS) is 18.9. The number of rotatable bonds is 3. The molecular weight excluding hydrogens is 252 g/mol. The molecule has 1 fully saturated rings. The Kier molecular flexibility index (Phi) is 3.84. The maximum atomic E-state index is 11.4. The first-order chi connectivity index (χ1) is 8.45. The molecule has 7 heteroatoms. The first-order valence-corrected chi connectivity index (χ1v) is 7.68. The largest absolute Gasteiger partial charge is 0.399 e. The van der Waals surface area contributed by atoms with Gasteiger partial charge in [-0.1, -0.05) is 0 Å². The molecule has 0 spiro atoms. The van der Waals surface area contributed by atoms with E-state index in [4.69, 9.17) is 5.73 Å². The zero-order valence-corrected chi connectivity index (χ0v) is 11.2. The van der Waals surface area contributed by atoms with Gasteiger partial charge in [0.15, 0.2) is 0 Å². The molecule has 1 aliphatic rings. The summed E-state index contributed by atoms with van der Waals surface area (Å²) in [7, 11) is -3.06. The van der Waals surface area contributed by atoms with E-state index in [9.17, 15) is 8.42 Å². The third kappa shape index (κ3) is 3.41. The zero-order valence-electron chi connectivity index (χ0n) is 10.4. The van der Waals surface area contributed by atoms with Crippen LogP contribution in [0.15, 0.2) is 18.3 Å². The Morgan fingerprint density at radius 2 is 2.00 bits per heavy atom. The molecule has 0 bridgehead atoms. The Labute approximate surface area is 107 Å². The van der Waals surface area contributed by atoms with Gasteiger partial charge in [-0.2, -0.15) is 4.31 Å². The minimum Gasteiger partial charge on any atom is -0.399 e. The SMILES string of the molecule is CS(=O)(=O)N1CCN(Cc2cc(N)ccn2)CC1. The van der Waals surface area contributed by atoms with Gasteiger partial charge in [0.1, 0.15) is 0 Å². The Morgan fingerprint density at radius 3 is 2.56 bits per heavy atom. The summed E-state index contributed by atoms with van der Waals surface area (Å²) in [5, 5.41) is 0. The molecule has 0 saturated carbocycles. The van der Waals surface area contributed by atoms with Crippen LogP contribution in [0, 0.1) is 0 Å². The van der Waals surface area contributed by atoms with Gasteiger partial charge in [-0.05, 0) is 12.1 Å². The highest BCUT2D eigenvalue weighted by Crippen LogP contribution is 2.10. The molecule has 1 aromatic heterocycles. The maximum absolute atomic E-state index is 11.4. The van der Waals surface area contributed by atoms with E-state index >= 15 is 0 Å². The van der Waals surface area contributed by atoms with Crippen LogP contribution in [0.4, 0.5) is 5.69 Å². The lowest BCUT2D eigenvalue weighted by molar-refractivity contribution is 0.180. The van der Waals surface area contributed by atoms with Crippen LogP contribution in [0.2, 0.25) is 0 Å². The predicted octanol–water partition coefficient (Wildman–Crippen LogP) is -0.259. The lowest BCUT2D eigenvalue weighted by Gasteiger charge is -2.32. The summed E-state index contributed by atoms with van der Waals surface area (Å²) >= 11 is 0. The van der Waals surface area contributed by atoms with Crippen LogP contribution in [0.5, 0.6) is 0 Å². The Morgan fingerprint density at radius 1 is 1.33 bits per heavy atom. The van der Waals surface area contributed by atoms with Crippen molar-refractivity contribution in [3.63, 3.8) is 0 Å². The first-order valence-electron chi connectivity index (χ1n) is 5.83. The van der Waals surface area contributed by atoms with Crippen LogP contribution in [0.25, 0.3) is 0 Å². The zero-order chi connectivity index (χ0) is 13.2. The number of piperazine rings is 1. The van der Waals surface area contributed by atoms with E-state index in [1.807, 2.05) is 6.07 Å². The lowest BCUT2D eigenvalue weighted by Crippen LogP contribution is -2.47. The molecule has 100 valence electrons. The van der Waals surface area contributed by atoms with E-state index in [0.29, 0.717) is 25.3 Å². The maximum Gasteiger partial charge on any atom is 0.211 e. The molecule has 2 N–H and O–H groups in total. The number of pyridine rings is 1. The number of sulfonamides is 1. The Bertz CT molecular complexity index is 510. The fourth-order valence-electron chi connectivity index (χ4n) is 2.03. The van der Waals surface area contributed by atoms with Crippen LogP contribution in [-0.4, -0.2) is 55.0 Å². The minimum atomic E-state index is -3.06. The summed E-state index contributed by atoms with van der Waals surface area (Å²) in [6.07, 6.45) is 2.94. The van der Waals surface area contributed by atoms with Crippen molar-refractivity contribution in [2.75, 3.05) is 38.2 Å². The summed E-state index contributed by atoms with van der Waals surface area (Å²) in [5.41, 5.74) is 7.32. The van der Waals surface area contributed by atoms with Crippen molar-refractivity contribution in [3.05, 3.63) is 24.0 Å². The number of hydrogen-bond acceptors (Lipinski definition) is 5. The summed E-state index contributed by atoms with van der Waals surface area (Å²) < 4.78 is 24.3. The fourth-order valence-corrected chi connectivity index (χ4v) is 2.86. The van der Waals surface area contributed by atoms with Crippen LogP contribution in [0.1, 0.15) is 5.69 Å². The molecule has 0 radical (unpaired) electrons. The Hall–Kier alpha value is -1.18. The quantitative estimate of drug-likeness (QED) is 0.818. The molecular formula is C11H18N4O2S. The molecule has 0 aromatic carbocycles. The van der Waals surface area contributed by atoms with Gasteiger partial charge in [-0.3, -0.25) is 9.88 Å². The molecule has 1 aromatic rings. The van der Waals surface area contributed by atoms with Crippen LogP contribution in [-0.2, 0) is 16.6 Å². The van der Waals surface area contributed by atoms with Crippen molar-refractivity contribution in [1.29, 1.82) is 0 Å². The summed E-state index contributed by atoms with van der Waals surface area (Å²) in [4.78, 5) is 6.43. The van der Waals surface area contributed by atoms with Crippen molar-refractivity contribution in [2.45, 2.75) is 6.54 Å². The number of aromatic nitrogens is 1. The van der Waals surface area contributed by atoms with Gasteiger partial charge in [-0.15, -0.1) is 0 Å².